The van der Waals surface area contributed by atoms with Crippen LogP contribution in [0.5, 0.6) is 0 Å². The Morgan fingerprint density at radius 1 is 1.83 bits per heavy atom. The van der Waals surface area contributed by atoms with E-state index in [4.69, 9.17) is 4.74 Å². The summed E-state index contributed by atoms with van der Waals surface area (Å²) in [5, 5.41) is 0.970. The third-order valence-electron chi connectivity index (χ3n) is 1.48. The zero-order valence-electron chi connectivity index (χ0n) is 7.16. The van der Waals surface area contributed by atoms with Crippen LogP contribution in [0.15, 0.2) is 16.8 Å². The molecule has 1 heterocycles. The van der Waals surface area contributed by atoms with Crippen LogP contribution in [0.2, 0.25) is 0 Å². The van der Waals surface area contributed by atoms with E-state index in [0.717, 1.165) is 5.04 Å². The maximum Gasteiger partial charge on any atom is 0.335 e. The Bertz CT molecular complexity index is 245. The highest BCUT2D eigenvalue weighted by atomic mass is 32.2. The van der Waals surface area contributed by atoms with Gasteiger partial charge in [-0.15, -0.1) is 11.8 Å². The van der Waals surface area contributed by atoms with Crippen LogP contribution in [0, 0.1) is 0 Å². The quantitative estimate of drug-likeness (QED) is 0.613. The lowest BCUT2D eigenvalue weighted by Gasteiger charge is -2.00. The fourth-order valence-electron chi connectivity index (χ4n) is 0.878. The summed E-state index contributed by atoms with van der Waals surface area (Å²) < 4.78 is 4.83. The van der Waals surface area contributed by atoms with Crippen molar-refractivity contribution in [3.05, 3.63) is 11.8 Å². The first-order chi connectivity index (χ1) is 5.77. The second kappa shape index (κ2) is 4.30. The molecule has 66 valence electrons. The first-order valence-electron chi connectivity index (χ1n) is 3.74. The molecule has 0 aromatic heterocycles. The van der Waals surface area contributed by atoms with Crippen molar-refractivity contribution >= 4 is 22.8 Å². The molecule has 0 aromatic carbocycles. The average Bonchev–Trinajstić information content (AvgIpc) is 2.52. The maximum absolute atomic E-state index is 11.1. The number of aliphatic imine (C=N–C) groups is 1. The second-order valence-corrected chi connectivity index (χ2v) is 3.16. The molecule has 4 heteroatoms. The van der Waals surface area contributed by atoms with Crippen LogP contribution in [-0.4, -0.2) is 23.9 Å². The zero-order valence-corrected chi connectivity index (χ0v) is 7.98. The van der Waals surface area contributed by atoms with Crippen molar-refractivity contribution < 1.29 is 9.53 Å². The van der Waals surface area contributed by atoms with Gasteiger partial charge >= 0.3 is 5.97 Å². The van der Waals surface area contributed by atoms with Crippen LogP contribution in [0.3, 0.4) is 0 Å². The predicted octanol–water partition coefficient (Wildman–Crippen LogP) is 1.60. The van der Waals surface area contributed by atoms with Crippen molar-refractivity contribution in [2.75, 3.05) is 12.9 Å². The van der Waals surface area contributed by atoms with E-state index in [-0.39, 0.29) is 5.97 Å². The van der Waals surface area contributed by atoms with Gasteiger partial charge in [-0.2, -0.15) is 0 Å². The van der Waals surface area contributed by atoms with Crippen LogP contribution < -0.4 is 0 Å². The average molecular weight is 185 g/mol. The molecule has 0 bridgehead atoms. The third-order valence-corrected chi connectivity index (χ3v) is 2.20. The molecule has 1 aliphatic heterocycles. The molecule has 0 unspecified atom stereocenters. The smallest absolute Gasteiger partial charge is 0.335 e. The van der Waals surface area contributed by atoms with Crippen molar-refractivity contribution in [3.63, 3.8) is 0 Å². The summed E-state index contributed by atoms with van der Waals surface area (Å²) in [6.45, 7) is 2.22. The topological polar surface area (TPSA) is 38.7 Å². The first-order valence-corrected chi connectivity index (χ1v) is 4.97. The Morgan fingerprint density at radius 2 is 2.58 bits per heavy atom. The minimum Gasteiger partial charge on any atom is -0.463 e. The molecular formula is C8H11NO2S. The standard InChI is InChI=1S/C8H11NO2S/c1-3-11-8(10)6-4-7(12-2)9-5-6/h5H,3-4H2,1-2H3. The minimum absolute atomic E-state index is 0.245. The fraction of sp³-hybridized carbons (Fsp3) is 0.500. The lowest BCUT2D eigenvalue weighted by atomic mass is 10.2. The van der Waals surface area contributed by atoms with E-state index in [9.17, 15) is 4.79 Å². The molecule has 0 atom stereocenters. The minimum atomic E-state index is -0.245. The van der Waals surface area contributed by atoms with E-state index in [1.807, 2.05) is 6.26 Å². The van der Waals surface area contributed by atoms with Gasteiger partial charge in [-0.3, -0.25) is 4.99 Å². The number of carbonyl (C=O) groups is 1. The number of hydrogen-bond acceptors (Lipinski definition) is 4. The Morgan fingerprint density at radius 3 is 3.08 bits per heavy atom. The lowest BCUT2D eigenvalue weighted by molar-refractivity contribution is -0.138. The van der Waals surface area contributed by atoms with Crippen molar-refractivity contribution in [1.29, 1.82) is 0 Å². The van der Waals surface area contributed by atoms with E-state index < -0.39 is 0 Å². The molecule has 0 N–H and O–H groups in total. The number of nitrogens with zero attached hydrogens (tertiary/aromatic N) is 1. The molecule has 1 aliphatic rings. The molecule has 1 rings (SSSR count). The molecule has 12 heavy (non-hydrogen) atoms. The van der Waals surface area contributed by atoms with E-state index in [2.05, 4.69) is 4.99 Å². The Kier molecular flexibility index (Phi) is 3.34. The number of hydrogen-bond donors (Lipinski definition) is 0. The maximum atomic E-state index is 11.1. The Hall–Kier alpha value is -0.770. The molecule has 0 saturated heterocycles. The monoisotopic (exact) mass is 185 g/mol. The van der Waals surface area contributed by atoms with Gasteiger partial charge in [-0.25, -0.2) is 4.79 Å². The number of thioether (sulfide) groups is 1. The van der Waals surface area contributed by atoms with Gasteiger partial charge in [0, 0.05) is 12.6 Å². The summed E-state index contributed by atoms with van der Waals surface area (Å²) in [5.41, 5.74) is 0.654. The van der Waals surface area contributed by atoms with Gasteiger partial charge in [0.2, 0.25) is 0 Å². The summed E-state index contributed by atoms with van der Waals surface area (Å²) in [6, 6.07) is 0. The van der Waals surface area contributed by atoms with E-state index >= 15 is 0 Å². The number of esters is 1. The molecule has 0 aliphatic carbocycles. The molecule has 0 spiro atoms. The van der Waals surface area contributed by atoms with Gasteiger partial charge in [0.15, 0.2) is 0 Å². The Labute approximate surface area is 75.9 Å². The highest BCUT2D eigenvalue weighted by molar-refractivity contribution is 8.13. The summed E-state index contributed by atoms with van der Waals surface area (Å²) in [7, 11) is 0. The summed E-state index contributed by atoms with van der Waals surface area (Å²) in [6.07, 6.45) is 4.16. The van der Waals surface area contributed by atoms with Gasteiger partial charge in [-0.05, 0) is 13.2 Å². The predicted molar refractivity (Wildman–Crippen MR) is 50.3 cm³/mol. The second-order valence-electron chi connectivity index (χ2n) is 2.28. The largest absolute Gasteiger partial charge is 0.463 e. The SMILES string of the molecule is CCOC(=O)C1=CN=C(SC)C1. The van der Waals surface area contributed by atoms with E-state index in [1.54, 1.807) is 24.9 Å². The van der Waals surface area contributed by atoms with Gasteiger partial charge < -0.3 is 4.74 Å². The van der Waals surface area contributed by atoms with Crippen LogP contribution in [0.4, 0.5) is 0 Å². The van der Waals surface area contributed by atoms with Crippen LogP contribution >= 0.6 is 11.8 Å². The lowest BCUT2D eigenvalue weighted by Crippen LogP contribution is -2.07. The van der Waals surface area contributed by atoms with E-state index in [0.29, 0.717) is 18.6 Å². The zero-order chi connectivity index (χ0) is 8.97. The van der Waals surface area contributed by atoms with Crippen LogP contribution in [-0.2, 0) is 9.53 Å². The third kappa shape index (κ3) is 2.11. The normalized spacial score (nSPS) is 15.5. The fourth-order valence-corrected chi connectivity index (χ4v) is 1.34. The molecule has 0 radical (unpaired) electrons. The molecular weight excluding hydrogens is 174 g/mol. The number of carbonyl (C=O) groups excluding carboxylic acids is 1. The van der Waals surface area contributed by atoms with Crippen LogP contribution in [0.25, 0.3) is 0 Å². The molecule has 3 nitrogen and oxygen atoms in total. The Balaban J connectivity index is 2.45. The molecule has 0 aromatic rings. The highest BCUT2D eigenvalue weighted by Crippen LogP contribution is 2.18. The summed E-state index contributed by atoms with van der Waals surface area (Å²) in [5.74, 6) is -0.245. The van der Waals surface area contributed by atoms with Gasteiger partial charge in [0.25, 0.3) is 0 Å². The summed E-state index contributed by atoms with van der Waals surface area (Å²) >= 11 is 1.56. The van der Waals surface area contributed by atoms with Crippen molar-refractivity contribution in [2.24, 2.45) is 4.99 Å². The molecule has 0 saturated carbocycles. The molecule has 0 amide bonds. The summed E-state index contributed by atoms with van der Waals surface area (Å²) in [4.78, 5) is 15.2. The van der Waals surface area contributed by atoms with Gasteiger partial charge in [-0.1, -0.05) is 0 Å². The van der Waals surface area contributed by atoms with Crippen molar-refractivity contribution in [1.82, 2.24) is 0 Å². The van der Waals surface area contributed by atoms with Crippen LogP contribution in [0.1, 0.15) is 13.3 Å². The van der Waals surface area contributed by atoms with Gasteiger partial charge in [0.05, 0.1) is 17.2 Å². The number of ether oxygens (including phenoxy) is 1. The van der Waals surface area contributed by atoms with Crippen molar-refractivity contribution in [2.45, 2.75) is 13.3 Å². The highest BCUT2D eigenvalue weighted by Gasteiger charge is 2.16. The van der Waals surface area contributed by atoms with Gasteiger partial charge in [0.1, 0.15) is 0 Å². The number of rotatable bonds is 2. The van der Waals surface area contributed by atoms with Crippen molar-refractivity contribution in [3.8, 4) is 0 Å². The first kappa shape index (κ1) is 9.32. The van der Waals surface area contributed by atoms with E-state index in [1.165, 1.54) is 0 Å². The molecule has 0 fully saturated rings.